The van der Waals surface area contributed by atoms with E-state index in [1.807, 2.05) is 43.3 Å². The molecule has 0 saturated heterocycles. The predicted molar refractivity (Wildman–Crippen MR) is 80.9 cm³/mol. The van der Waals surface area contributed by atoms with Gasteiger partial charge in [0.1, 0.15) is 0 Å². The lowest BCUT2D eigenvalue weighted by Crippen LogP contribution is -2.21. The summed E-state index contributed by atoms with van der Waals surface area (Å²) in [6, 6.07) is 12.3. The van der Waals surface area contributed by atoms with Crippen LogP contribution in [0, 0.1) is 0 Å². The summed E-state index contributed by atoms with van der Waals surface area (Å²) in [6.45, 7) is 1.88. The number of rotatable bonds is 4. The molecule has 6 heteroatoms. The van der Waals surface area contributed by atoms with Gasteiger partial charge in [-0.1, -0.05) is 36.4 Å². The predicted octanol–water partition coefficient (Wildman–Crippen LogP) is 1.59. The molecule has 0 spiro atoms. The van der Waals surface area contributed by atoms with E-state index >= 15 is 0 Å². The molecule has 2 rings (SSSR count). The third kappa shape index (κ3) is 4.54. The summed E-state index contributed by atoms with van der Waals surface area (Å²) in [6.07, 6.45) is 3.48. The molecule has 1 aromatic carbocycles. The molecule has 0 aliphatic carbocycles. The molecule has 2 aromatic rings. The van der Waals surface area contributed by atoms with Crippen LogP contribution in [0.4, 0.5) is 0 Å². The molecule has 2 N–H and O–H groups in total. The number of amides is 1. The Hall–Kier alpha value is -3.02. The molecule has 21 heavy (non-hydrogen) atoms. The SMILES string of the molecule is CC(/C=N/NC(=O)c1ccc(=O)[nH]n1)=C\c1ccccc1. The van der Waals surface area contributed by atoms with Crippen LogP contribution in [0.5, 0.6) is 0 Å². The zero-order valence-corrected chi connectivity index (χ0v) is 11.4. The first kappa shape index (κ1) is 14.4. The van der Waals surface area contributed by atoms with Gasteiger partial charge in [-0.05, 0) is 24.1 Å². The minimum atomic E-state index is -0.491. The number of nitrogens with one attached hydrogen (secondary N) is 2. The van der Waals surface area contributed by atoms with Gasteiger partial charge in [0, 0.05) is 6.07 Å². The fourth-order valence-electron chi connectivity index (χ4n) is 1.57. The maximum Gasteiger partial charge on any atom is 0.291 e. The van der Waals surface area contributed by atoms with Gasteiger partial charge in [-0.15, -0.1) is 0 Å². The van der Waals surface area contributed by atoms with Crippen LogP contribution in [-0.2, 0) is 0 Å². The third-order valence-corrected chi connectivity index (χ3v) is 2.54. The number of carbonyl (C=O) groups excluding carboxylic acids is 1. The van der Waals surface area contributed by atoms with E-state index in [4.69, 9.17) is 0 Å². The number of benzene rings is 1. The largest absolute Gasteiger partial charge is 0.291 e. The highest BCUT2D eigenvalue weighted by Crippen LogP contribution is 2.04. The zero-order chi connectivity index (χ0) is 15.1. The summed E-state index contributed by atoms with van der Waals surface area (Å²) in [5.74, 6) is -0.491. The molecule has 0 aliphatic heterocycles. The van der Waals surface area contributed by atoms with E-state index in [9.17, 15) is 9.59 Å². The second-order valence-corrected chi connectivity index (χ2v) is 4.30. The first-order chi connectivity index (χ1) is 10.1. The molecule has 0 atom stereocenters. The highest BCUT2D eigenvalue weighted by Gasteiger charge is 2.04. The van der Waals surface area contributed by atoms with Crippen molar-refractivity contribution in [2.45, 2.75) is 6.92 Å². The van der Waals surface area contributed by atoms with Crippen molar-refractivity contribution >= 4 is 18.2 Å². The lowest BCUT2D eigenvalue weighted by molar-refractivity contribution is 0.0949. The standard InChI is InChI=1S/C15H14N4O2/c1-11(9-12-5-3-2-4-6-12)10-16-19-15(21)13-7-8-14(20)18-17-13/h2-10H,1H3,(H,18,20)(H,19,21)/b11-9+,16-10+. The van der Waals surface area contributed by atoms with Crippen molar-refractivity contribution in [3.63, 3.8) is 0 Å². The Labute approximate surface area is 121 Å². The van der Waals surface area contributed by atoms with Crippen LogP contribution in [0.15, 0.2) is 57.9 Å². The summed E-state index contributed by atoms with van der Waals surface area (Å²) in [5, 5.41) is 9.63. The lowest BCUT2D eigenvalue weighted by Gasteiger charge is -1.98. The van der Waals surface area contributed by atoms with Gasteiger partial charge in [0.25, 0.3) is 11.5 Å². The quantitative estimate of drug-likeness (QED) is 0.659. The molecule has 0 fully saturated rings. The molecule has 0 saturated carbocycles. The van der Waals surface area contributed by atoms with Gasteiger partial charge in [0.05, 0.1) is 6.21 Å². The fraction of sp³-hybridized carbons (Fsp3) is 0.0667. The Bertz CT molecular complexity index is 712. The zero-order valence-electron chi connectivity index (χ0n) is 11.4. The molecule has 0 bridgehead atoms. The van der Waals surface area contributed by atoms with Gasteiger partial charge in [-0.25, -0.2) is 10.5 Å². The maximum absolute atomic E-state index is 11.7. The van der Waals surface area contributed by atoms with Crippen LogP contribution in [0.2, 0.25) is 0 Å². The summed E-state index contributed by atoms with van der Waals surface area (Å²) in [5.41, 5.74) is 4.01. The van der Waals surface area contributed by atoms with Gasteiger partial charge in [0.2, 0.25) is 0 Å². The molecule has 0 radical (unpaired) electrons. The van der Waals surface area contributed by atoms with Crippen LogP contribution in [0.25, 0.3) is 6.08 Å². The smallest absolute Gasteiger partial charge is 0.268 e. The van der Waals surface area contributed by atoms with E-state index in [2.05, 4.69) is 20.7 Å². The molecule has 1 amide bonds. The molecule has 1 aromatic heterocycles. The average Bonchev–Trinajstić information content (AvgIpc) is 2.49. The molecule has 1 heterocycles. The van der Waals surface area contributed by atoms with Crippen LogP contribution >= 0.6 is 0 Å². The van der Waals surface area contributed by atoms with Crippen LogP contribution in [-0.4, -0.2) is 22.3 Å². The maximum atomic E-state index is 11.7. The molecular formula is C15H14N4O2. The minimum absolute atomic E-state index is 0.0939. The number of H-pyrrole nitrogens is 1. The fourth-order valence-corrected chi connectivity index (χ4v) is 1.57. The second-order valence-electron chi connectivity index (χ2n) is 4.30. The number of aromatic amines is 1. The Balaban J connectivity index is 1.96. The van der Waals surface area contributed by atoms with Gasteiger partial charge >= 0.3 is 0 Å². The normalized spacial score (nSPS) is 11.6. The Morgan fingerprint density at radius 3 is 2.67 bits per heavy atom. The number of hydrogen-bond acceptors (Lipinski definition) is 4. The highest BCUT2D eigenvalue weighted by atomic mass is 16.2. The van der Waals surface area contributed by atoms with E-state index in [0.29, 0.717) is 0 Å². The van der Waals surface area contributed by atoms with Crippen LogP contribution in [0.3, 0.4) is 0 Å². The van der Waals surface area contributed by atoms with Crippen molar-refractivity contribution in [2.24, 2.45) is 5.10 Å². The van der Waals surface area contributed by atoms with E-state index in [-0.39, 0.29) is 11.3 Å². The Morgan fingerprint density at radius 2 is 2.00 bits per heavy atom. The highest BCUT2D eigenvalue weighted by molar-refractivity contribution is 5.93. The molecule has 0 unspecified atom stereocenters. The van der Waals surface area contributed by atoms with Gasteiger partial charge in [-0.2, -0.15) is 10.2 Å². The molecule has 6 nitrogen and oxygen atoms in total. The van der Waals surface area contributed by atoms with Gasteiger partial charge in [-0.3, -0.25) is 9.59 Å². The first-order valence-electron chi connectivity index (χ1n) is 6.27. The summed E-state index contributed by atoms with van der Waals surface area (Å²) >= 11 is 0. The van der Waals surface area contributed by atoms with Crippen molar-refractivity contribution < 1.29 is 4.79 Å². The number of hydrogen-bond donors (Lipinski definition) is 2. The van der Waals surface area contributed by atoms with Crippen molar-refractivity contribution in [2.75, 3.05) is 0 Å². The van der Waals surface area contributed by atoms with E-state index in [0.717, 1.165) is 11.1 Å². The summed E-state index contributed by atoms with van der Waals surface area (Å²) in [7, 11) is 0. The number of carbonyl (C=O) groups is 1. The minimum Gasteiger partial charge on any atom is -0.268 e. The molecular weight excluding hydrogens is 268 g/mol. The number of allylic oxidation sites excluding steroid dienone is 1. The lowest BCUT2D eigenvalue weighted by atomic mass is 10.1. The van der Waals surface area contributed by atoms with Gasteiger partial charge in [0.15, 0.2) is 5.69 Å². The van der Waals surface area contributed by atoms with Crippen LogP contribution < -0.4 is 11.0 Å². The van der Waals surface area contributed by atoms with Gasteiger partial charge < -0.3 is 0 Å². The summed E-state index contributed by atoms with van der Waals surface area (Å²) < 4.78 is 0. The molecule has 0 aliphatic rings. The molecule has 106 valence electrons. The van der Waals surface area contributed by atoms with Crippen molar-refractivity contribution in [1.82, 2.24) is 15.6 Å². The van der Waals surface area contributed by atoms with Crippen molar-refractivity contribution in [1.29, 1.82) is 0 Å². The number of aromatic nitrogens is 2. The first-order valence-corrected chi connectivity index (χ1v) is 6.27. The third-order valence-electron chi connectivity index (χ3n) is 2.54. The summed E-state index contributed by atoms with van der Waals surface area (Å²) in [4.78, 5) is 22.5. The van der Waals surface area contributed by atoms with Crippen molar-refractivity contribution in [3.05, 3.63) is 69.6 Å². The van der Waals surface area contributed by atoms with Crippen molar-refractivity contribution in [3.8, 4) is 0 Å². The average molecular weight is 282 g/mol. The monoisotopic (exact) mass is 282 g/mol. The van der Waals surface area contributed by atoms with E-state index < -0.39 is 5.91 Å². The van der Waals surface area contributed by atoms with E-state index in [1.165, 1.54) is 18.3 Å². The van der Waals surface area contributed by atoms with E-state index in [1.54, 1.807) is 0 Å². The Morgan fingerprint density at radius 1 is 1.24 bits per heavy atom. The number of hydrazone groups is 1. The second kappa shape index (κ2) is 6.95. The Kier molecular flexibility index (Phi) is 4.76. The topological polar surface area (TPSA) is 87.2 Å². The van der Waals surface area contributed by atoms with Crippen LogP contribution in [0.1, 0.15) is 23.0 Å². The number of nitrogens with zero attached hydrogens (tertiary/aromatic N) is 2.